The van der Waals surface area contributed by atoms with Crippen molar-refractivity contribution in [2.45, 2.75) is 19.9 Å². The Morgan fingerprint density at radius 1 is 1.47 bits per heavy atom. The third-order valence-electron chi connectivity index (χ3n) is 2.25. The summed E-state index contributed by atoms with van der Waals surface area (Å²) >= 11 is 5.92. The molecule has 2 aromatic rings. The first-order chi connectivity index (χ1) is 7.15. The highest BCUT2D eigenvalue weighted by Gasteiger charge is 2.14. The van der Waals surface area contributed by atoms with E-state index in [1.54, 1.807) is 6.07 Å². The second-order valence-corrected chi connectivity index (χ2v) is 3.91. The Labute approximate surface area is 91.9 Å². The highest BCUT2D eigenvalue weighted by atomic mass is 35.5. The van der Waals surface area contributed by atoms with Crippen LogP contribution in [0.1, 0.15) is 30.4 Å². The van der Waals surface area contributed by atoms with Crippen LogP contribution in [0.25, 0.3) is 11.0 Å². The molecule has 2 rings (SSSR count). The van der Waals surface area contributed by atoms with Crippen molar-refractivity contribution in [2.24, 2.45) is 0 Å². The van der Waals surface area contributed by atoms with Gasteiger partial charge in [0.05, 0.1) is 11.1 Å². The van der Waals surface area contributed by atoms with Crippen LogP contribution in [0, 0.1) is 0 Å². The largest absolute Gasteiger partial charge is 0.320 e. The molecule has 0 bridgehead atoms. The van der Waals surface area contributed by atoms with E-state index in [2.05, 4.69) is 9.97 Å². The fraction of sp³-hybridized carbons (Fsp3) is 0.300. The average molecular weight is 224 g/mol. The van der Waals surface area contributed by atoms with Crippen molar-refractivity contribution in [3.63, 3.8) is 0 Å². The minimum atomic E-state index is 0.161. The summed E-state index contributed by atoms with van der Waals surface area (Å²) in [6.07, 6.45) is 2.20. The molecule has 0 aliphatic rings. The molecule has 0 radical (unpaired) electrons. The summed E-state index contributed by atoms with van der Waals surface area (Å²) in [6.45, 7) is 3.98. The summed E-state index contributed by atoms with van der Waals surface area (Å²) in [5.41, 5.74) is 1.27. The molecule has 5 heteroatoms. The molecule has 0 saturated carbocycles. The van der Waals surface area contributed by atoms with Crippen molar-refractivity contribution in [2.75, 3.05) is 0 Å². The molecule has 2 aromatic heterocycles. The Balaban J connectivity index is 2.86. The van der Waals surface area contributed by atoms with Crippen LogP contribution in [-0.2, 0) is 0 Å². The van der Waals surface area contributed by atoms with Gasteiger partial charge in [-0.2, -0.15) is 0 Å². The first kappa shape index (κ1) is 10.1. The lowest BCUT2D eigenvalue weighted by atomic mass is 10.3. The number of nitrogens with zero attached hydrogens (tertiary/aromatic N) is 3. The molecular weight excluding hydrogens is 214 g/mol. The predicted molar refractivity (Wildman–Crippen MR) is 58.3 cm³/mol. The molecule has 0 N–H and O–H groups in total. The average Bonchev–Trinajstić information content (AvgIpc) is 2.57. The number of carbonyl (C=O) groups is 1. The zero-order chi connectivity index (χ0) is 11.0. The van der Waals surface area contributed by atoms with Gasteiger partial charge >= 0.3 is 0 Å². The van der Waals surface area contributed by atoms with Crippen LogP contribution in [0.4, 0.5) is 0 Å². The lowest BCUT2D eigenvalue weighted by molar-refractivity contribution is 0.111. The summed E-state index contributed by atoms with van der Waals surface area (Å²) in [6, 6.07) is 1.87. The number of hydrogen-bond acceptors (Lipinski definition) is 3. The molecule has 2 heterocycles. The third kappa shape index (κ3) is 1.51. The molecule has 78 valence electrons. The smallest absolute Gasteiger partial charge is 0.166 e. The van der Waals surface area contributed by atoms with Gasteiger partial charge in [-0.15, -0.1) is 0 Å². The third-order valence-corrected chi connectivity index (χ3v) is 2.55. The van der Waals surface area contributed by atoms with Gasteiger partial charge in [-0.25, -0.2) is 9.97 Å². The zero-order valence-corrected chi connectivity index (χ0v) is 9.19. The maximum absolute atomic E-state index is 10.9. The van der Waals surface area contributed by atoms with Crippen molar-refractivity contribution < 1.29 is 4.79 Å². The highest BCUT2D eigenvalue weighted by Crippen LogP contribution is 2.25. The van der Waals surface area contributed by atoms with E-state index in [0.717, 1.165) is 11.7 Å². The standard InChI is InChI=1S/C10H10ClN3O/c1-6(2)14-7(4-15)3-8-9(11)12-5-13-10(8)14/h3-6H,1-2H3. The number of fused-ring (bicyclic) bond motifs is 1. The van der Waals surface area contributed by atoms with Gasteiger partial charge < -0.3 is 4.57 Å². The topological polar surface area (TPSA) is 47.8 Å². The molecule has 15 heavy (non-hydrogen) atoms. The maximum Gasteiger partial charge on any atom is 0.166 e. The molecule has 0 amide bonds. The zero-order valence-electron chi connectivity index (χ0n) is 8.44. The van der Waals surface area contributed by atoms with E-state index >= 15 is 0 Å². The fourth-order valence-electron chi connectivity index (χ4n) is 1.65. The minimum absolute atomic E-state index is 0.161. The second-order valence-electron chi connectivity index (χ2n) is 3.55. The van der Waals surface area contributed by atoms with Crippen LogP contribution in [0.2, 0.25) is 5.15 Å². The van der Waals surface area contributed by atoms with Crippen LogP contribution in [0.3, 0.4) is 0 Å². The van der Waals surface area contributed by atoms with E-state index in [9.17, 15) is 4.79 Å². The number of aromatic nitrogens is 3. The fourth-order valence-corrected chi connectivity index (χ4v) is 1.84. The summed E-state index contributed by atoms with van der Waals surface area (Å²) in [5.74, 6) is 0. The molecule has 4 nitrogen and oxygen atoms in total. The molecule has 0 aliphatic heterocycles. The monoisotopic (exact) mass is 223 g/mol. The number of hydrogen-bond donors (Lipinski definition) is 0. The van der Waals surface area contributed by atoms with Gasteiger partial charge in [-0.05, 0) is 19.9 Å². The summed E-state index contributed by atoms with van der Waals surface area (Å²) < 4.78 is 1.84. The molecule has 0 aliphatic carbocycles. The van der Waals surface area contributed by atoms with E-state index < -0.39 is 0 Å². The number of halogens is 1. The van der Waals surface area contributed by atoms with Crippen LogP contribution in [-0.4, -0.2) is 20.8 Å². The molecular formula is C10H10ClN3O. The minimum Gasteiger partial charge on any atom is -0.320 e. The Morgan fingerprint density at radius 2 is 2.20 bits per heavy atom. The van der Waals surface area contributed by atoms with Crippen molar-refractivity contribution >= 4 is 28.9 Å². The van der Waals surface area contributed by atoms with E-state index in [0.29, 0.717) is 16.5 Å². The number of rotatable bonds is 2. The lowest BCUT2D eigenvalue weighted by Crippen LogP contribution is -2.05. The Bertz CT molecular complexity index is 519. The van der Waals surface area contributed by atoms with Gasteiger partial charge in [0.15, 0.2) is 6.29 Å². The molecule has 0 spiro atoms. The lowest BCUT2D eigenvalue weighted by Gasteiger charge is -2.10. The summed E-state index contributed by atoms with van der Waals surface area (Å²) in [7, 11) is 0. The van der Waals surface area contributed by atoms with Gasteiger partial charge in [0.2, 0.25) is 0 Å². The van der Waals surface area contributed by atoms with Crippen LogP contribution in [0.15, 0.2) is 12.4 Å². The van der Waals surface area contributed by atoms with Crippen molar-refractivity contribution in [3.05, 3.63) is 23.2 Å². The van der Waals surface area contributed by atoms with Crippen molar-refractivity contribution in [3.8, 4) is 0 Å². The van der Waals surface area contributed by atoms with Gasteiger partial charge in [-0.1, -0.05) is 11.6 Å². The van der Waals surface area contributed by atoms with Crippen LogP contribution >= 0.6 is 11.6 Å². The summed E-state index contributed by atoms with van der Waals surface area (Å²) in [5, 5.41) is 1.09. The normalized spacial score (nSPS) is 11.2. The second kappa shape index (κ2) is 3.62. The van der Waals surface area contributed by atoms with Crippen molar-refractivity contribution in [1.82, 2.24) is 14.5 Å². The Kier molecular flexibility index (Phi) is 2.44. The highest BCUT2D eigenvalue weighted by molar-refractivity contribution is 6.34. The first-order valence-electron chi connectivity index (χ1n) is 4.61. The Morgan fingerprint density at radius 3 is 2.80 bits per heavy atom. The van der Waals surface area contributed by atoms with Crippen LogP contribution in [0.5, 0.6) is 0 Å². The maximum atomic E-state index is 10.9. The van der Waals surface area contributed by atoms with E-state index in [-0.39, 0.29) is 6.04 Å². The number of carbonyl (C=O) groups excluding carboxylic acids is 1. The van der Waals surface area contributed by atoms with Gasteiger partial charge in [0.1, 0.15) is 17.1 Å². The molecule has 0 atom stereocenters. The van der Waals surface area contributed by atoms with Gasteiger partial charge in [-0.3, -0.25) is 4.79 Å². The Hall–Kier alpha value is -1.42. The van der Waals surface area contributed by atoms with E-state index in [1.165, 1.54) is 6.33 Å². The molecule has 0 unspecified atom stereocenters. The van der Waals surface area contributed by atoms with Crippen molar-refractivity contribution in [1.29, 1.82) is 0 Å². The quantitative estimate of drug-likeness (QED) is 0.581. The van der Waals surface area contributed by atoms with Gasteiger partial charge in [0, 0.05) is 6.04 Å². The molecule has 0 fully saturated rings. The SMILES string of the molecule is CC(C)n1c(C=O)cc2c(Cl)ncnc21. The van der Waals surface area contributed by atoms with E-state index in [1.807, 2.05) is 18.4 Å². The van der Waals surface area contributed by atoms with E-state index in [4.69, 9.17) is 11.6 Å². The number of aldehydes is 1. The predicted octanol–water partition coefficient (Wildman–Crippen LogP) is 2.48. The van der Waals surface area contributed by atoms with Crippen LogP contribution < -0.4 is 0 Å². The summed E-state index contributed by atoms with van der Waals surface area (Å²) in [4.78, 5) is 18.9. The molecule has 0 saturated heterocycles. The first-order valence-corrected chi connectivity index (χ1v) is 4.99. The van der Waals surface area contributed by atoms with Gasteiger partial charge in [0.25, 0.3) is 0 Å². The molecule has 0 aromatic carbocycles.